The van der Waals surface area contributed by atoms with Crippen molar-refractivity contribution in [1.82, 2.24) is 5.32 Å². The van der Waals surface area contributed by atoms with Crippen LogP contribution in [0.4, 0.5) is 9.18 Å². The zero-order chi connectivity index (χ0) is 22.0. The minimum atomic E-state index is -1.15. The molecule has 1 aliphatic rings. The Morgan fingerprint density at radius 1 is 1.03 bits per heavy atom. The van der Waals surface area contributed by atoms with Crippen molar-refractivity contribution >= 4 is 12.1 Å². The normalized spacial score (nSPS) is 13.2. The average Bonchev–Trinajstić information content (AvgIpc) is 3.07. The second kappa shape index (κ2) is 8.60. The molecule has 0 saturated heterocycles. The summed E-state index contributed by atoms with van der Waals surface area (Å²) >= 11 is 0. The lowest BCUT2D eigenvalue weighted by molar-refractivity contribution is -0.137. The summed E-state index contributed by atoms with van der Waals surface area (Å²) in [6.45, 7) is 1.87. The van der Waals surface area contributed by atoms with E-state index in [9.17, 15) is 19.1 Å². The van der Waals surface area contributed by atoms with Gasteiger partial charge in [-0.3, -0.25) is 4.79 Å². The standard InChI is InChI=1S/C25H22FNO4/c1-15-10-11-22(26)20(12-15)23(13-24(28)29)27-25(30)31-14-21-18-8-4-2-6-16(18)17-7-3-5-9-19(17)21/h2-12,21,23H,13-14H2,1H3,(H,27,30)(H,28,29)/t23-/m1/s1. The lowest BCUT2D eigenvalue weighted by Gasteiger charge is -2.20. The number of carbonyl (C=O) groups excluding carboxylic acids is 1. The van der Waals surface area contributed by atoms with Gasteiger partial charge in [-0.25, -0.2) is 9.18 Å². The van der Waals surface area contributed by atoms with Crippen LogP contribution in [0.1, 0.15) is 40.6 Å². The molecule has 0 saturated carbocycles. The van der Waals surface area contributed by atoms with Gasteiger partial charge >= 0.3 is 12.1 Å². The molecule has 0 heterocycles. The molecule has 0 spiro atoms. The molecule has 0 fully saturated rings. The van der Waals surface area contributed by atoms with E-state index in [1.165, 1.54) is 12.1 Å². The number of hydrogen-bond donors (Lipinski definition) is 2. The second-order valence-corrected chi connectivity index (χ2v) is 7.65. The maximum absolute atomic E-state index is 14.3. The van der Waals surface area contributed by atoms with E-state index in [4.69, 9.17) is 4.74 Å². The van der Waals surface area contributed by atoms with Crippen LogP contribution in [0.5, 0.6) is 0 Å². The first-order valence-electron chi connectivity index (χ1n) is 10.0. The van der Waals surface area contributed by atoms with Crippen molar-refractivity contribution in [2.75, 3.05) is 6.61 Å². The molecule has 6 heteroatoms. The highest BCUT2D eigenvalue weighted by atomic mass is 19.1. The molecule has 0 radical (unpaired) electrons. The number of nitrogens with one attached hydrogen (secondary N) is 1. The largest absolute Gasteiger partial charge is 0.481 e. The van der Waals surface area contributed by atoms with Gasteiger partial charge in [0.05, 0.1) is 12.5 Å². The molecular weight excluding hydrogens is 397 g/mol. The minimum Gasteiger partial charge on any atom is -0.481 e. The van der Waals surface area contributed by atoms with Crippen molar-refractivity contribution in [2.24, 2.45) is 0 Å². The predicted molar refractivity (Wildman–Crippen MR) is 114 cm³/mol. The van der Waals surface area contributed by atoms with Crippen molar-refractivity contribution in [3.8, 4) is 11.1 Å². The van der Waals surface area contributed by atoms with Gasteiger partial charge in [-0.05, 0) is 35.2 Å². The molecule has 1 amide bonds. The van der Waals surface area contributed by atoms with Crippen LogP contribution in [-0.2, 0) is 9.53 Å². The zero-order valence-corrected chi connectivity index (χ0v) is 17.0. The lowest BCUT2D eigenvalue weighted by Crippen LogP contribution is -2.32. The molecule has 3 aromatic rings. The van der Waals surface area contributed by atoms with E-state index in [0.29, 0.717) is 0 Å². The summed E-state index contributed by atoms with van der Waals surface area (Å²) < 4.78 is 19.8. The van der Waals surface area contributed by atoms with Gasteiger partial charge < -0.3 is 15.2 Å². The highest BCUT2D eigenvalue weighted by molar-refractivity contribution is 5.79. The van der Waals surface area contributed by atoms with Crippen LogP contribution in [0.15, 0.2) is 66.7 Å². The van der Waals surface area contributed by atoms with E-state index in [2.05, 4.69) is 5.32 Å². The number of alkyl carbamates (subject to hydrolysis) is 1. The van der Waals surface area contributed by atoms with Gasteiger partial charge in [0.15, 0.2) is 0 Å². The van der Waals surface area contributed by atoms with Crippen molar-refractivity contribution < 1.29 is 23.8 Å². The molecule has 4 rings (SSSR count). The number of fused-ring (bicyclic) bond motifs is 3. The van der Waals surface area contributed by atoms with E-state index in [-0.39, 0.29) is 18.1 Å². The molecule has 0 aromatic heterocycles. The van der Waals surface area contributed by atoms with Gasteiger partial charge in [0.2, 0.25) is 0 Å². The fraction of sp³-hybridized carbons (Fsp3) is 0.200. The molecule has 31 heavy (non-hydrogen) atoms. The Morgan fingerprint density at radius 2 is 1.65 bits per heavy atom. The first-order chi connectivity index (χ1) is 14.9. The Kier molecular flexibility index (Phi) is 5.71. The Morgan fingerprint density at radius 3 is 2.26 bits per heavy atom. The number of hydrogen-bond acceptors (Lipinski definition) is 3. The number of amides is 1. The number of aliphatic carboxylic acids is 1. The van der Waals surface area contributed by atoms with Crippen LogP contribution in [0.2, 0.25) is 0 Å². The molecule has 0 aliphatic heterocycles. The topological polar surface area (TPSA) is 75.6 Å². The van der Waals surface area contributed by atoms with Crippen molar-refractivity contribution in [3.63, 3.8) is 0 Å². The van der Waals surface area contributed by atoms with Gasteiger partial charge in [0, 0.05) is 11.5 Å². The summed E-state index contributed by atoms with van der Waals surface area (Å²) in [5.41, 5.74) is 5.25. The maximum Gasteiger partial charge on any atom is 0.407 e. The predicted octanol–water partition coefficient (Wildman–Crippen LogP) is 5.19. The molecule has 1 atom stereocenters. The third-order valence-electron chi connectivity index (χ3n) is 5.54. The van der Waals surface area contributed by atoms with E-state index in [1.54, 1.807) is 13.0 Å². The number of carbonyl (C=O) groups is 2. The number of halogens is 1. The Bertz CT molecular complexity index is 1100. The smallest absolute Gasteiger partial charge is 0.407 e. The summed E-state index contributed by atoms with van der Waals surface area (Å²) in [6.07, 6.45) is -1.24. The van der Waals surface area contributed by atoms with E-state index in [0.717, 1.165) is 27.8 Å². The zero-order valence-electron chi connectivity index (χ0n) is 17.0. The Labute approximate surface area is 179 Å². The molecule has 2 N–H and O–H groups in total. The Balaban J connectivity index is 1.50. The molecule has 0 bridgehead atoms. The van der Waals surface area contributed by atoms with Gasteiger partial charge in [-0.15, -0.1) is 0 Å². The van der Waals surface area contributed by atoms with Crippen LogP contribution < -0.4 is 5.32 Å². The average molecular weight is 419 g/mol. The third kappa shape index (κ3) is 4.28. The fourth-order valence-electron chi connectivity index (χ4n) is 4.13. The summed E-state index contributed by atoms with van der Waals surface area (Å²) in [7, 11) is 0. The third-order valence-corrected chi connectivity index (χ3v) is 5.54. The Hall–Kier alpha value is -3.67. The number of benzene rings is 3. The number of carboxylic acid groups (broad SMARTS) is 1. The van der Waals surface area contributed by atoms with Crippen molar-refractivity contribution in [3.05, 3.63) is 94.8 Å². The number of carboxylic acids is 1. The fourth-order valence-corrected chi connectivity index (χ4v) is 4.13. The highest BCUT2D eigenvalue weighted by Gasteiger charge is 2.29. The first-order valence-corrected chi connectivity index (χ1v) is 10.0. The second-order valence-electron chi connectivity index (χ2n) is 7.65. The van der Waals surface area contributed by atoms with Gasteiger partial charge in [-0.2, -0.15) is 0 Å². The number of rotatable bonds is 6. The minimum absolute atomic E-state index is 0.0932. The molecule has 158 valence electrons. The summed E-state index contributed by atoms with van der Waals surface area (Å²) in [6, 6.07) is 19.3. The summed E-state index contributed by atoms with van der Waals surface area (Å²) in [5, 5.41) is 11.7. The highest BCUT2D eigenvalue weighted by Crippen LogP contribution is 2.44. The van der Waals surface area contributed by atoms with E-state index < -0.39 is 30.3 Å². The number of ether oxygens (including phenoxy) is 1. The van der Waals surface area contributed by atoms with E-state index >= 15 is 0 Å². The van der Waals surface area contributed by atoms with Gasteiger partial charge in [0.25, 0.3) is 0 Å². The first kappa shape index (κ1) is 20.6. The van der Waals surface area contributed by atoms with Crippen LogP contribution in [0.3, 0.4) is 0 Å². The molecular formula is C25H22FNO4. The molecule has 3 aromatic carbocycles. The summed E-state index contributed by atoms with van der Waals surface area (Å²) in [5.74, 6) is -1.84. The molecule has 0 unspecified atom stereocenters. The van der Waals surface area contributed by atoms with Crippen LogP contribution >= 0.6 is 0 Å². The van der Waals surface area contributed by atoms with Crippen LogP contribution in [0, 0.1) is 12.7 Å². The molecule has 1 aliphatic carbocycles. The maximum atomic E-state index is 14.3. The van der Waals surface area contributed by atoms with Crippen molar-refractivity contribution in [1.29, 1.82) is 0 Å². The van der Waals surface area contributed by atoms with E-state index in [1.807, 2.05) is 48.5 Å². The van der Waals surface area contributed by atoms with Crippen LogP contribution in [0.25, 0.3) is 11.1 Å². The van der Waals surface area contributed by atoms with Gasteiger partial charge in [0.1, 0.15) is 12.4 Å². The number of aryl methyl sites for hydroxylation is 1. The van der Waals surface area contributed by atoms with Crippen molar-refractivity contribution in [2.45, 2.75) is 25.3 Å². The van der Waals surface area contributed by atoms with Crippen LogP contribution in [-0.4, -0.2) is 23.8 Å². The summed E-state index contributed by atoms with van der Waals surface area (Å²) in [4.78, 5) is 23.8. The lowest BCUT2D eigenvalue weighted by atomic mass is 9.98. The monoisotopic (exact) mass is 419 g/mol. The van der Waals surface area contributed by atoms with Gasteiger partial charge in [-0.1, -0.05) is 66.2 Å². The SMILES string of the molecule is Cc1ccc(F)c([C@@H](CC(=O)O)NC(=O)OCC2c3ccccc3-c3ccccc32)c1. The quantitative estimate of drug-likeness (QED) is 0.577. The molecule has 5 nitrogen and oxygen atoms in total.